The largest absolute Gasteiger partial charge is 0.378 e. The van der Waals surface area contributed by atoms with Gasteiger partial charge in [-0.3, -0.25) is 13.9 Å². The number of nitrogens with one attached hydrogen (secondary N) is 1. The minimum absolute atomic E-state index is 0.166. The molecule has 2 aromatic rings. The van der Waals surface area contributed by atoms with Gasteiger partial charge in [0.15, 0.2) is 9.84 Å². The summed E-state index contributed by atoms with van der Waals surface area (Å²) in [6.45, 7) is 3.34. The van der Waals surface area contributed by atoms with Crippen molar-refractivity contribution in [2.75, 3.05) is 49.7 Å². The molecule has 36 heavy (non-hydrogen) atoms. The molecule has 0 radical (unpaired) electrons. The maximum atomic E-state index is 12.8. The summed E-state index contributed by atoms with van der Waals surface area (Å²) in [6, 6.07) is 11.9. The summed E-state index contributed by atoms with van der Waals surface area (Å²) in [5, 5.41) is 2.82. The first-order valence-corrected chi connectivity index (χ1v) is 15.2. The van der Waals surface area contributed by atoms with Gasteiger partial charge in [-0.15, -0.1) is 0 Å². The van der Waals surface area contributed by atoms with Crippen LogP contribution < -0.4 is 9.62 Å². The van der Waals surface area contributed by atoms with Crippen molar-refractivity contribution in [1.82, 2.24) is 10.2 Å². The lowest BCUT2D eigenvalue weighted by molar-refractivity contribution is -0.120. The van der Waals surface area contributed by atoms with E-state index in [9.17, 15) is 26.4 Å². The summed E-state index contributed by atoms with van der Waals surface area (Å²) >= 11 is 0. The van der Waals surface area contributed by atoms with Gasteiger partial charge in [0.1, 0.15) is 6.54 Å². The first-order valence-electron chi connectivity index (χ1n) is 11.4. The van der Waals surface area contributed by atoms with Gasteiger partial charge in [0.25, 0.3) is 5.91 Å². The molecule has 1 fully saturated rings. The molecule has 1 aliphatic rings. The van der Waals surface area contributed by atoms with Crippen LogP contribution in [-0.4, -0.2) is 78.9 Å². The van der Waals surface area contributed by atoms with Gasteiger partial charge >= 0.3 is 0 Å². The third-order valence-corrected chi connectivity index (χ3v) is 8.11. The van der Waals surface area contributed by atoms with E-state index < -0.39 is 38.4 Å². The van der Waals surface area contributed by atoms with E-state index in [0.717, 1.165) is 16.8 Å². The SMILES string of the molecule is CCC(NC(=O)CN(c1ccc(C(=O)N2CCOCC2)cc1)S(C)(=O)=O)c1ccc(S(C)(=O)=O)cc1. The van der Waals surface area contributed by atoms with E-state index in [1.54, 1.807) is 29.2 Å². The summed E-state index contributed by atoms with van der Waals surface area (Å²) in [6.07, 6.45) is 2.64. The van der Waals surface area contributed by atoms with Crippen molar-refractivity contribution < 1.29 is 31.2 Å². The van der Waals surface area contributed by atoms with Crippen molar-refractivity contribution in [3.8, 4) is 0 Å². The molecule has 0 aliphatic carbocycles. The first-order chi connectivity index (χ1) is 16.9. The zero-order valence-electron chi connectivity index (χ0n) is 20.5. The molecule has 3 rings (SSSR count). The highest BCUT2D eigenvalue weighted by Crippen LogP contribution is 2.22. The topological polar surface area (TPSA) is 130 Å². The molecule has 2 amide bonds. The number of carbonyl (C=O) groups is 2. The molecule has 12 heteroatoms. The molecule has 1 heterocycles. The molecule has 2 aromatic carbocycles. The van der Waals surface area contributed by atoms with Gasteiger partial charge in [0, 0.05) is 24.9 Å². The molecule has 1 aliphatic heterocycles. The van der Waals surface area contributed by atoms with Crippen LogP contribution in [0.4, 0.5) is 5.69 Å². The Hall–Kier alpha value is -2.96. The van der Waals surface area contributed by atoms with E-state index in [0.29, 0.717) is 43.9 Å². The molecule has 0 bridgehead atoms. The third kappa shape index (κ3) is 7.05. The Kier molecular flexibility index (Phi) is 8.75. The third-order valence-electron chi connectivity index (χ3n) is 5.84. The van der Waals surface area contributed by atoms with E-state index in [1.807, 2.05) is 6.92 Å². The van der Waals surface area contributed by atoms with E-state index in [-0.39, 0.29) is 16.5 Å². The lowest BCUT2D eigenvalue weighted by atomic mass is 10.0. The molecule has 0 spiro atoms. The van der Waals surface area contributed by atoms with Crippen LogP contribution in [0.5, 0.6) is 0 Å². The predicted octanol–water partition coefficient (Wildman–Crippen LogP) is 1.60. The number of hydrogen-bond donors (Lipinski definition) is 1. The monoisotopic (exact) mass is 537 g/mol. The number of benzene rings is 2. The highest BCUT2D eigenvalue weighted by atomic mass is 32.2. The average Bonchev–Trinajstić information content (AvgIpc) is 2.85. The standard InChI is InChI=1S/C24H31N3O7S2/c1-4-22(18-7-11-21(12-8-18)35(2,30)31)25-23(28)17-27(36(3,32)33)20-9-5-19(6-10-20)24(29)26-13-15-34-16-14-26/h5-12,22H,4,13-17H2,1-3H3,(H,25,28). The van der Waals surface area contributed by atoms with Crippen LogP contribution in [0.25, 0.3) is 0 Å². The van der Waals surface area contributed by atoms with Crippen LogP contribution in [0.1, 0.15) is 35.3 Å². The number of ether oxygens (including phenoxy) is 1. The molecular formula is C24H31N3O7S2. The molecule has 10 nitrogen and oxygen atoms in total. The Morgan fingerprint density at radius 1 is 0.972 bits per heavy atom. The number of hydrogen-bond acceptors (Lipinski definition) is 7. The number of amides is 2. The fraction of sp³-hybridized carbons (Fsp3) is 0.417. The number of nitrogens with zero attached hydrogens (tertiary/aromatic N) is 2. The summed E-state index contributed by atoms with van der Waals surface area (Å²) in [7, 11) is -7.14. The number of morpholine rings is 1. The van der Waals surface area contributed by atoms with Crippen molar-refractivity contribution in [2.45, 2.75) is 24.3 Å². The van der Waals surface area contributed by atoms with E-state index in [2.05, 4.69) is 5.32 Å². The first kappa shape index (κ1) is 27.6. The Balaban J connectivity index is 1.72. The van der Waals surface area contributed by atoms with Crippen LogP contribution in [0.3, 0.4) is 0 Å². The minimum Gasteiger partial charge on any atom is -0.378 e. The van der Waals surface area contributed by atoms with E-state index >= 15 is 0 Å². The van der Waals surface area contributed by atoms with Gasteiger partial charge in [-0.05, 0) is 48.4 Å². The highest BCUT2D eigenvalue weighted by Gasteiger charge is 2.24. The van der Waals surface area contributed by atoms with E-state index in [1.165, 1.54) is 24.3 Å². The van der Waals surface area contributed by atoms with Crippen molar-refractivity contribution >= 4 is 37.4 Å². The van der Waals surface area contributed by atoms with Crippen molar-refractivity contribution in [3.05, 3.63) is 59.7 Å². The molecule has 1 saturated heterocycles. The summed E-state index contributed by atoms with van der Waals surface area (Å²) < 4.78 is 54.6. The van der Waals surface area contributed by atoms with Crippen LogP contribution in [-0.2, 0) is 29.4 Å². The van der Waals surface area contributed by atoms with Gasteiger partial charge in [-0.2, -0.15) is 0 Å². The highest BCUT2D eigenvalue weighted by molar-refractivity contribution is 7.92. The van der Waals surface area contributed by atoms with Crippen LogP contribution in [0, 0.1) is 0 Å². The average molecular weight is 538 g/mol. The maximum absolute atomic E-state index is 12.8. The molecule has 196 valence electrons. The molecule has 0 saturated carbocycles. The van der Waals surface area contributed by atoms with Crippen LogP contribution in [0.15, 0.2) is 53.4 Å². The second-order valence-corrected chi connectivity index (χ2v) is 12.5. The lowest BCUT2D eigenvalue weighted by Gasteiger charge is -2.27. The smallest absolute Gasteiger partial charge is 0.254 e. The van der Waals surface area contributed by atoms with Crippen molar-refractivity contribution in [3.63, 3.8) is 0 Å². The second kappa shape index (κ2) is 11.4. The fourth-order valence-electron chi connectivity index (χ4n) is 3.86. The second-order valence-electron chi connectivity index (χ2n) is 8.59. The minimum atomic E-state index is -3.80. The summed E-state index contributed by atoms with van der Waals surface area (Å²) in [5.41, 5.74) is 1.38. The van der Waals surface area contributed by atoms with Crippen molar-refractivity contribution in [1.29, 1.82) is 0 Å². The number of carbonyl (C=O) groups excluding carboxylic acids is 2. The number of sulfone groups is 1. The lowest BCUT2D eigenvalue weighted by Crippen LogP contribution is -2.41. The maximum Gasteiger partial charge on any atom is 0.254 e. The summed E-state index contributed by atoms with van der Waals surface area (Å²) in [4.78, 5) is 27.3. The number of sulfonamides is 1. The Labute approximate surface area is 212 Å². The molecular weight excluding hydrogens is 506 g/mol. The normalized spacial score (nSPS) is 15.2. The molecule has 1 N–H and O–H groups in total. The van der Waals surface area contributed by atoms with Gasteiger partial charge < -0.3 is 15.0 Å². The Bertz CT molecular complexity index is 1290. The molecule has 1 atom stereocenters. The van der Waals surface area contributed by atoms with Crippen LogP contribution in [0.2, 0.25) is 0 Å². The predicted molar refractivity (Wildman–Crippen MR) is 136 cm³/mol. The zero-order valence-corrected chi connectivity index (χ0v) is 22.1. The summed E-state index contributed by atoms with van der Waals surface area (Å²) in [5.74, 6) is -0.686. The van der Waals surface area contributed by atoms with Crippen molar-refractivity contribution in [2.24, 2.45) is 0 Å². The molecule has 1 unspecified atom stereocenters. The number of anilines is 1. The van der Waals surface area contributed by atoms with Gasteiger partial charge in [0.2, 0.25) is 15.9 Å². The Morgan fingerprint density at radius 2 is 1.56 bits per heavy atom. The van der Waals surface area contributed by atoms with Gasteiger partial charge in [0.05, 0.1) is 36.1 Å². The Morgan fingerprint density at radius 3 is 2.06 bits per heavy atom. The van der Waals surface area contributed by atoms with Gasteiger partial charge in [-0.25, -0.2) is 16.8 Å². The van der Waals surface area contributed by atoms with E-state index in [4.69, 9.17) is 4.74 Å². The zero-order chi connectivity index (χ0) is 26.5. The van der Waals surface area contributed by atoms with Crippen LogP contribution >= 0.6 is 0 Å². The number of rotatable bonds is 9. The fourth-order valence-corrected chi connectivity index (χ4v) is 5.35. The molecule has 0 aromatic heterocycles. The quantitative estimate of drug-likeness (QED) is 0.514. The van der Waals surface area contributed by atoms with Gasteiger partial charge in [-0.1, -0.05) is 19.1 Å².